The molecule has 0 fully saturated rings. The lowest BCUT2D eigenvalue weighted by Crippen LogP contribution is -2.23. The summed E-state index contributed by atoms with van der Waals surface area (Å²) in [4.78, 5) is 49.6. The first kappa shape index (κ1) is 24.0. The highest BCUT2D eigenvalue weighted by Gasteiger charge is 2.26. The van der Waals surface area contributed by atoms with E-state index in [1.807, 2.05) is 41.8 Å². The molecule has 0 aliphatic heterocycles. The number of carbonyl (C=O) groups is 4. The van der Waals surface area contributed by atoms with Gasteiger partial charge in [0.15, 0.2) is 6.61 Å². The van der Waals surface area contributed by atoms with Gasteiger partial charge in [0.25, 0.3) is 11.8 Å². The van der Waals surface area contributed by atoms with Crippen molar-refractivity contribution < 1.29 is 28.7 Å². The molecule has 0 atom stereocenters. The van der Waals surface area contributed by atoms with E-state index in [1.165, 1.54) is 7.05 Å². The van der Waals surface area contributed by atoms with Gasteiger partial charge in [-0.2, -0.15) is 0 Å². The second-order valence-corrected chi connectivity index (χ2v) is 8.22. The highest BCUT2D eigenvalue weighted by Crippen LogP contribution is 2.33. The van der Waals surface area contributed by atoms with Crippen molar-refractivity contribution in [3.63, 3.8) is 0 Å². The maximum atomic E-state index is 12.5. The van der Waals surface area contributed by atoms with Gasteiger partial charge in [-0.25, -0.2) is 4.79 Å². The quantitative estimate of drug-likeness (QED) is 0.488. The number of thiophene rings is 1. The standard InChI is InChI=1S/C23H25N3O6S/c1-5-31-23(30)19-14(3)20(21(29)24-4)33-22(19)25-17(27)12-32-18(28)11-26-13(2)10-15-8-6-7-9-16(15)26/h6-10H,5,11-12H2,1-4H3,(H,24,29)(H,25,27). The van der Waals surface area contributed by atoms with Gasteiger partial charge in [-0.1, -0.05) is 18.2 Å². The number of para-hydroxylation sites is 1. The summed E-state index contributed by atoms with van der Waals surface area (Å²) in [5, 5.41) is 6.23. The average Bonchev–Trinajstić information content (AvgIpc) is 3.28. The average molecular weight is 472 g/mol. The summed E-state index contributed by atoms with van der Waals surface area (Å²) in [6.07, 6.45) is 0. The largest absolute Gasteiger partial charge is 0.462 e. The summed E-state index contributed by atoms with van der Waals surface area (Å²) >= 11 is 0.953. The Hall–Kier alpha value is -3.66. The van der Waals surface area contributed by atoms with Gasteiger partial charge in [0.1, 0.15) is 11.5 Å². The highest BCUT2D eigenvalue weighted by molar-refractivity contribution is 7.18. The first-order valence-electron chi connectivity index (χ1n) is 10.3. The van der Waals surface area contributed by atoms with Crippen LogP contribution in [0.25, 0.3) is 10.9 Å². The number of esters is 2. The molecule has 9 nitrogen and oxygen atoms in total. The third-order valence-corrected chi connectivity index (χ3v) is 6.19. The molecule has 0 saturated carbocycles. The number of anilines is 1. The van der Waals surface area contributed by atoms with Crippen molar-refractivity contribution in [3.8, 4) is 0 Å². The monoisotopic (exact) mass is 471 g/mol. The Kier molecular flexibility index (Phi) is 7.49. The maximum Gasteiger partial charge on any atom is 0.341 e. The van der Waals surface area contributed by atoms with E-state index in [2.05, 4.69) is 10.6 Å². The molecule has 0 spiro atoms. The number of benzene rings is 1. The number of amides is 2. The lowest BCUT2D eigenvalue weighted by atomic mass is 10.1. The highest BCUT2D eigenvalue weighted by atomic mass is 32.1. The van der Waals surface area contributed by atoms with Crippen molar-refractivity contribution in [2.24, 2.45) is 0 Å². The number of hydrogen-bond donors (Lipinski definition) is 2. The van der Waals surface area contributed by atoms with Crippen LogP contribution < -0.4 is 10.6 Å². The molecule has 3 aromatic rings. The van der Waals surface area contributed by atoms with E-state index in [4.69, 9.17) is 9.47 Å². The molecule has 1 aromatic carbocycles. The van der Waals surface area contributed by atoms with Crippen LogP contribution in [0, 0.1) is 13.8 Å². The van der Waals surface area contributed by atoms with E-state index in [-0.39, 0.29) is 34.5 Å². The first-order valence-corrected chi connectivity index (χ1v) is 11.1. The number of hydrogen-bond acceptors (Lipinski definition) is 7. The van der Waals surface area contributed by atoms with E-state index in [9.17, 15) is 19.2 Å². The smallest absolute Gasteiger partial charge is 0.341 e. The number of fused-ring (bicyclic) bond motifs is 1. The zero-order valence-electron chi connectivity index (χ0n) is 18.8. The van der Waals surface area contributed by atoms with Crippen molar-refractivity contribution in [3.05, 3.63) is 52.0 Å². The Morgan fingerprint density at radius 3 is 2.52 bits per heavy atom. The van der Waals surface area contributed by atoms with E-state index in [0.717, 1.165) is 27.9 Å². The van der Waals surface area contributed by atoms with Crippen molar-refractivity contribution >= 4 is 51.0 Å². The first-order chi connectivity index (χ1) is 15.8. The van der Waals surface area contributed by atoms with Gasteiger partial charge < -0.3 is 24.7 Å². The zero-order valence-corrected chi connectivity index (χ0v) is 19.6. The molecule has 2 amide bonds. The fourth-order valence-corrected chi connectivity index (χ4v) is 4.58. The predicted octanol–water partition coefficient (Wildman–Crippen LogP) is 3.04. The van der Waals surface area contributed by atoms with Crippen molar-refractivity contribution in [2.75, 3.05) is 25.6 Å². The van der Waals surface area contributed by atoms with Crippen LogP contribution in [0.2, 0.25) is 0 Å². The van der Waals surface area contributed by atoms with Crippen LogP contribution in [0.4, 0.5) is 5.00 Å². The van der Waals surface area contributed by atoms with Gasteiger partial charge in [0, 0.05) is 18.3 Å². The molecule has 0 unspecified atom stereocenters. The molecule has 0 aliphatic carbocycles. The van der Waals surface area contributed by atoms with Crippen LogP contribution in [-0.2, 0) is 25.6 Å². The topological polar surface area (TPSA) is 116 Å². The molecule has 2 aromatic heterocycles. The minimum Gasteiger partial charge on any atom is -0.462 e. The molecule has 0 aliphatic rings. The Bertz CT molecular complexity index is 1230. The van der Waals surface area contributed by atoms with Gasteiger partial charge in [-0.05, 0) is 43.9 Å². The minimum absolute atomic E-state index is 0.0420. The molecule has 2 heterocycles. The van der Waals surface area contributed by atoms with Crippen LogP contribution in [0.1, 0.15) is 38.2 Å². The molecule has 174 valence electrons. The number of carbonyl (C=O) groups excluding carboxylic acids is 4. The summed E-state index contributed by atoms with van der Waals surface area (Å²) < 4.78 is 12.0. The molecule has 2 N–H and O–H groups in total. The van der Waals surface area contributed by atoms with Crippen molar-refractivity contribution in [1.29, 1.82) is 0 Å². The molecule has 10 heteroatoms. The Morgan fingerprint density at radius 2 is 1.82 bits per heavy atom. The van der Waals surface area contributed by atoms with E-state index >= 15 is 0 Å². The second-order valence-electron chi connectivity index (χ2n) is 7.20. The van der Waals surface area contributed by atoms with Crippen LogP contribution in [0.3, 0.4) is 0 Å². The molecule has 33 heavy (non-hydrogen) atoms. The van der Waals surface area contributed by atoms with E-state index < -0.39 is 24.5 Å². The molecular weight excluding hydrogens is 446 g/mol. The fourth-order valence-electron chi connectivity index (χ4n) is 3.42. The molecule has 0 radical (unpaired) electrons. The lowest BCUT2D eigenvalue weighted by molar-refractivity contribution is -0.147. The van der Waals surface area contributed by atoms with Crippen LogP contribution in [0.15, 0.2) is 30.3 Å². The van der Waals surface area contributed by atoms with Gasteiger partial charge in [-0.3, -0.25) is 14.4 Å². The number of ether oxygens (including phenoxy) is 2. The zero-order chi connectivity index (χ0) is 24.1. The number of nitrogens with one attached hydrogen (secondary N) is 2. The van der Waals surface area contributed by atoms with Crippen LogP contribution in [-0.4, -0.2) is 48.6 Å². The summed E-state index contributed by atoms with van der Waals surface area (Å²) in [5.74, 6) is -2.24. The van der Waals surface area contributed by atoms with E-state index in [0.29, 0.717) is 5.56 Å². The SMILES string of the molecule is CCOC(=O)c1c(NC(=O)COC(=O)Cn2c(C)cc3ccccc32)sc(C(=O)NC)c1C. The maximum absolute atomic E-state index is 12.5. The molecule has 0 saturated heterocycles. The van der Waals surface area contributed by atoms with Gasteiger partial charge >= 0.3 is 11.9 Å². The van der Waals surface area contributed by atoms with Crippen LogP contribution in [0.5, 0.6) is 0 Å². The second kappa shape index (κ2) is 10.3. The van der Waals surface area contributed by atoms with Crippen molar-refractivity contribution in [1.82, 2.24) is 9.88 Å². The Morgan fingerprint density at radius 1 is 1.09 bits per heavy atom. The third kappa shape index (κ3) is 5.23. The number of aromatic nitrogens is 1. The Balaban J connectivity index is 1.69. The van der Waals surface area contributed by atoms with Gasteiger partial charge in [0.2, 0.25) is 0 Å². The van der Waals surface area contributed by atoms with Crippen molar-refractivity contribution in [2.45, 2.75) is 27.3 Å². The van der Waals surface area contributed by atoms with Gasteiger partial charge in [0.05, 0.1) is 17.0 Å². The third-order valence-electron chi connectivity index (χ3n) is 4.98. The number of nitrogens with zero attached hydrogens (tertiary/aromatic N) is 1. The number of aryl methyl sites for hydroxylation is 1. The summed E-state index contributed by atoms with van der Waals surface area (Å²) in [6, 6.07) is 9.63. The normalized spacial score (nSPS) is 10.7. The molecule has 3 rings (SSSR count). The predicted molar refractivity (Wildman–Crippen MR) is 125 cm³/mol. The fraction of sp³-hybridized carbons (Fsp3) is 0.304. The Labute approximate surface area is 194 Å². The summed E-state index contributed by atoms with van der Waals surface area (Å²) in [7, 11) is 1.47. The minimum atomic E-state index is -0.649. The van der Waals surface area contributed by atoms with E-state index in [1.54, 1.807) is 13.8 Å². The number of rotatable bonds is 8. The van der Waals surface area contributed by atoms with Crippen LogP contribution >= 0.6 is 11.3 Å². The van der Waals surface area contributed by atoms with Gasteiger partial charge in [-0.15, -0.1) is 11.3 Å². The molecule has 0 bridgehead atoms. The summed E-state index contributed by atoms with van der Waals surface area (Å²) in [6.45, 7) is 4.71. The molecular formula is C23H25N3O6S. The lowest BCUT2D eigenvalue weighted by Gasteiger charge is -2.10. The summed E-state index contributed by atoms with van der Waals surface area (Å²) in [5.41, 5.74) is 2.30.